The number of carbonyl (C=O) groups is 1. The van der Waals surface area contributed by atoms with Crippen molar-refractivity contribution in [2.24, 2.45) is 0 Å². The molecule has 33 heavy (non-hydrogen) atoms. The minimum Gasteiger partial charge on any atom is -0.489 e. The summed E-state index contributed by atoms with van der Waals surface area (Å²) in [6, 6.07) is 15.7. The molecule has 0 N–H and O–H groups in total. The van der Waals surface area contributed by atoms with E-state index >= 15 is 0 Å². The number of benzene rings is 3. The van der Waals surface area contributed by atoms with Gasteiger partial charge in [0.2, 0.25) is 0 Å². The molecule has 0 spiro atoms. The van der Waals surface area contributed by atoms with E-state index in [1.54, 1.807) is 13.2 Å². The predicted octanol–water partition coefficient (Wildman–Crippen LogP) is 6.10. The lowest BCUT2D eigenvalue weighted by atomic mass is 9.83. The van der Waals surface area contributed by atoms with Gasteiger partial charge in [0.05, 0.1) is 0 Å². The van der Waals surface area contributed by atoms with Crippen molar-refractivity contribution in [3.63, 3.8) is 0 Å². The Balaban J connectivity index is 1.58. The third-order valence-corrected chi connectivity index (χ3v) is 6.16. The quantitative estimate of drug-likeness (QED) is 0.323. The van der Waals surface area contributed by atoms with Crippen LogP contribution < -0.4 is 14.2 Å². The number of methoxy groups -OCH3 is 1. The van der Waals surface area contributed by atoms with Crippen molar-refractivity contribution in [3.05, 3.63) is 65.2 Å². The Labute approximate surface area is 195 Å². The summed E-state index contributed by atoms with van der Waals surface area (Å²) >= 11 is 0. The Hall–Kier alpha value is -3.05. The summed E-state index contributed by atoms with van der Waals surface area (Å²) in [4.78, 5) is 11.4. The Bertz CT molecular complexity index is 1160. The van der Waals surface area contributed by atoms with Gasteiger partial charge in [0, 0.05) is 23.6 Å². The first-order valence-electron chi connectivity index (χ1n) is 11.3. The van der Waals surface area contributed by atoms with Gasteiger partial charge in [-0.15, -0.1) is 0 Å². The zero-order chi connectivity index (χ0) is 23.6. The van der Waals surface area contributed by atoms with E-state index in [-0.39, 0.29) is 12.2 Å². The highest BCUT2D eigenvalue weighted by Gasteiger charge is 2.34. The first-order valence-corrected chi connectivity index (χ1v) is 11.3. The Morgan fingerprint density at radius 3 is 2.48 bits per heavy atom. The average Bonchev–Trinajstić information content (AvgIpc) is 2.80. The third-order valence-electron chi connectivity index (χ3n) is 6.16. The molecule has 0 radical (unpaired) electrons. The van der Waals surface area contributed by atoms with Crippen molar-refractivity contribution in [2.45, 2.75) is 51.6 Å². The van der Waals surface area contributed by atoms with Gasteiger partial charge in [0.25, 0.3) is 0 Å². The summed E-state index contributed by atoms with van der Waals surface area (Å²) < 4.78 is 23.8. The average molecular weight is 449 g/mol. The number of fused-ring (bicyclic) bond motifs is 2. The second kappa shape index (κ2) is 9.06. The molecule has 0 bridgehead atoms. The molecule has 1 unspecified atom stereocenters. The van der Waals surface area contributed by atoms with Gasteiger partial charge in [-0.05, 0) is 60.4 Å². The summed E-state index contributed by atoms with van der Waals surface area (Å²) in [7, 11) is 1.62. The van der Waals surface area contributed by atoms with Gasteiger partial charge in [-0.25, -0.2) is 0 Å². The molecule has 0 aromatic heterocycles. The van der Waals surface area contributed by atoms with Gasteiger partial charge in [-0.3, -0.25) is 4.79 Å². The molecular formula is C28H32O5. The van der Waals surface area contributed by atoms with Crippen LogP contribution >= 0.6 is 0 Å². The molecule has 4 rings (SSSR count). The lowest BCUT2D eigenvalue weighted by molar-refractivity contribution is 0.0172. The number of aldehydes is 1. The molecule has 1 heterocycles. The third kappa shape index (κ3) is 4.83. The van der Waals surface area contributed by atoms with E-state index in [4.69, 9.17) is 18.9 Å². The monoisotopic (exact) mass is 448 g/mol. The molecule has 0 saturated heterocycles. The second-order valence-corrected chi connectivity index (χ2v) is 9.91. The van der Waals surface area contributed by atoms with Crippen LogP contribution in [0.15, 0.2) is 48.5 Å². The lowest BCUT2D eigenvalue weighted by Crippen LogP contribution is -2.42. The highest BCUT2D eigenvalue weighted by atomic mass is 16.7. The summed E-state index contributed by atoms with van der Waals surface area (Å²) in [5.41, 5.74) is 2.30. The van der Waals surface area contributed by atoms with Crippen LogP contribution in [0.4, 0.5) is 0 Å². The fourth-order valence-corrected chi connectivity index (χ4v) is 4.29. The summed E-state index contributed by atoms with van der Waals surface area (Å²) in [5, 5.41) is 1.82. The Morgan fingerprint density at radius 2 is 1.79 bits per heavy atom. The van der Waals surface area contributed by atoms with E-state index in [1.165, 1.54) is 0 Å². The van der Waals surface area contributed by atoms with Crippen LogP contribution in [0.1, 0.15) is 55.6 Å². The van der Waals surface area contributed by atoms with Crippen molar-refractivity contribution in [1.29, 1.82) is 0 Å². The van der Waals surface area contributed by atoms with Gasteiger partial charge in [0.1, 0.15) is 29.5 Å². The molecule has 1 aliphatic rings. The number of hydrogen-bond acceptors (Lipinski definition) is 5. The molecule has 0 amide bonds. The summed E-state index contributed by atoms with van der Waals surface area (Å²) in [6.45, 7) is 9.19. The van der Waals surface area contributed by atoms with E-state index < -0.39 is 5.60 Å². The molecule has 3 aromatic carbocycles. The second-order valence-electron chi connectivity index (χ2n) is 9.91. The van der Waals surface area contributed by atoms with Gasteiger partial charge in [-0.2, -0.15) is 0 Å². The van der Waals surface area contributed by atoms with Crippen molar-refractivity contribution in [2.75, 3.05) is 20.5 Å². The number of ether oxygens (including phenoxy) is 4. The Kier molecular flexibility index (Phi) is 6.35. The van der Waals surface area contributed by atoms with E-state index in [0.717, 1.165) is 58.3 Å². The van der Waals surface area contributed by atoms with Gasteiger partial charge >= 0.3 is 0 Å². The number of hydrogen-bond donors (Lipinski definition) is 0. The van der Waals surface area contributed by atoms with Crippen molar-refractivity contribution in [3.8, 4) is 17.2 Å². The first-order chi connectivity index (χ1) is 15.7. The fourth-order valence-electron chi connectivity index (χ4n) is 4.29. The van der Waals surface area contributed by atoms with Crippen LogP contribution in [0, 0.1) is 0 Å². The number of rotatable bonds is 7. The highest BCUT2D eigenvalue weighted by Crippen LogP contribution is 2.42. The smallest absolute Gasteiger partial charge is 0.188 e. The molecule has 5 nitrogen and oxygen atoms in total. The van der Waals surface area contributed by atoms with E-state index in [9.17, 15) is 4.79 Å². The fraction of sp³-hybridized carbons (Fsp3) is 0.393. The SMILES string of the molecule is COCOc1cc2c(cc1C(C)(C)C)OC(C)(COc1ccc(C=O)c3ccccc13)CC2. The maximum Gasteiger partial charge on any atom is 0.188 e. The zero-order valence-corrected chi connectivity index (χ0v) is 20.1. The minimum atomic E-state index is -0.471. The van der Waals surface area contributed by atoms with Crippen molar-refractivity contribution in [1.82, 2.24) is 0 Å². The number of aryl methyl sites for hydroxylation is 1. The van der Waals surface area contributed by atoms with Crippen LogP contribution in [0.5, 0.6) is 17.2 Å². The first kappa shape index (κ1) is 23.1. The van der Waals surface area contributed by atoms with E-state index in [2.05, 4.69) is 39.8 Å². The van der Waals surface area contributed by atoms with E-state index in [1.807, 2.05) is 30.3 Å². The van der Waals surface area contributed by atoms with Crippen LogP contribution in [0.2, 0.25) is 0 Å². The van der Waals surface area contributed by atoms with Gasteiger partial charge in [-0.1, -0.05) is 45.0 Å². The molecule has 3 aromatic rings. The van der Waals surface area contributed by atoms with Crippen LogP contribution in [-0.4, -0.2) is 32.4 Å². The number of carbonyl (C=O) groups excluding carboxylic acids is 1. The largest absolute Gasteiger partial charge is 0.489 e. The van der Waals surface area contributed by atoms with Crippen molar-refractivity contribution < 1.29 is 23.7 Å². The molecule has 0 fully saturated rings. The summed E-state index contributed by atoms with van der Waals surface area (Å²) in [6.07, 6.45) is 2.57. The molecule has 174 valence electrons. The van der Waals surface area contributed by atoms with Crippen LogP contribution in [-0.2, 0) is 16.6 Å². The normalized spacial score (nSPS) is 17.8. The Morgan fingerprint density at radius 1 is 1.03 bits per heavy atom. The molecular weight excluding hydrogens is 416 g/mol. The standard InChI is InChI=1S/C28H32O5/c1-27(2,3)23-15-25-19(14-26(23)32-18-30-5)12-13-28(4,33-25)17-31-24-11-10-20(16-29)21-8-6-7-9-22(21)24/h6-11,14-16H,12-13,17-18H2,1-5H3. The topological polar surface area (TPSA) is 54.0 Å². The zero-order valence-electron chi connectivity index (χ0n) is 20.1. The van der Waals surface area contributed by atoms with Crippen LogP contribution in [0.25, 0.3) is 10.8 Å². The molecule has 1 aliphatic heterocycles. The molecule has 0 aliphatic carbocycles. The van der Waals surface area contributed by atoms with Crippen LogP contribution in [0.3, 0.4) is 0 Å². The molecule has 5 heteroatoms. The molecule has 1 atom stereocenters. The van der Waals surface area contributed by atoms with Gasteiger partial charge in [0.15, 0.2) is 13.1 Å². The summed E-state index contributed by atoms with van der Waals surface area (Å²) in [5.74, 6) is 2.47. The van der Waals surface area contributed by atoms with E-state index in [0.29, 0.717) is 12.2 Å². The van der Waals surface area contributed by atoms with Gasteiger partial charge < -0.3 is 18.9 Å². The lowest BCUT2D eigenvalue weighted by Gasteiger charge is -2.37. The predicted molar refractivity (Wildman–Crippen MR) is 130 cm³/mol. The minimum absolute atomic E-state index is 0.106. The maximum absolute atomic E-state index is 11.4. The molecule has 0 saturated carbocycles. The maximum atomic E-state index is 11.4. The highest BCUT2D eigenvalue weighted by molar-refractivity contribution is 6.00. The van der Waals surface area contributed by atoms with Crippen molar-refractivity contribution >= 4 is 17.1 Å².